The predicted molar refractivity (Wildman–Crippen MR) is 101 cm³/mol. The van der Waals surface area contributed by atoms with Gasteiger partial charge in [-0.1, -0.05) is 23.8 Å². The molecule has 140 valence electrons. The van der Waals surface area contributed by atoms with E-state index in [4.69, 9.17) is 4.74 Å². The summed E-state index contributed by atoms with van der Waals surface area (Å²) in [5.41, 5.74) is 2.20. The van der Waals surface area contributed by atoms with Gasteiger partial charge in [0.1, 0.15) is 5.75 Å². The van der Waals surface area contributed by atoms with Gasteiger partial charge in [-0.15, -0.1) is 0 Å². The molecular weight excluding hydrogens is 352 g/mol. The van der Waals surface area contributed by atoms with Crippen LogP contribution in [0.1, 0.15) is 34.5 Å². The van der Waals surface area contributed by atoms with E-state index in [1.165, 1.54) is 26.2 Å². The standard InChI is InChI=1S/C19H24N2O4S/c1-13-9-10-18(25-5)17(11-13)14(2)20-19(22)15-7-6-8-16(12-15)26(23,24)21(3)4/h6-12,14H,1-5H3,(H,20,22)/t14-/m1/s1. The second-order valence-electron chi connectivity index (χ2n) is 6.26. The molecule has 26 heavy (non-hydrogen) atoms. The third-order valence-electron chi connectivity index (χ3n) is 4.07. The summed E-state index contributed by atoms with van der Waals surface area (Å²) in [6.07, 6.45) is 0. The molecule has 7 heteroatoms. The smallest absolute Gasteiger partial charge is 0.251 e. The second-order valence-corrected chi connectivity index (χ2v) is 8.41. The van der Waals surface area contributed by atoms with Crippen LogP contribution in [-0.2, 0) is 10.0 Å². The molecule has 0 saturated carbocycles. The maximum Gasteiger partial charge on any atom is 0.251 e. The number of ether oxygens (including phenoxy) is 1. The number of aryl methyl sites for hydroxylation is 1. The lowest BCUT2D eigenvalue weighted by Crippen LogP contribution is -2.27. The number of benzene rings is 2. The molecule has 1 N–H and O–H groups in total. The van der Waals surface area contributed by atoms with Crippen molar-refractivity contribution >= 4 is 15.9 Å². The van der Waals surface area contributed by atoms with Gasteiger partial charge in [0, 0.05) is 25.2 Å². The quantitative estimate of drug-likeness (QED) is 0.841. The van der Waals surface area contributed by atoms with Crippen LogP contribution < -0.4 is 10.1 Å². The minimum Gasteiger partial charge on any atom is -0.496 e. The maximum absolute atomic E-state index is 12.6. The third-order valence-corrected chi connectivity index (χ3v) is 5.89. The normalized spacial score (nSPS) is 12.7. The van der Waals surface area contributed by atoms with Crippen molar-refractivity contribution < 1.29 is 17.9 Å². The van der Waals surface area contributed by atoms with E-state index in [0.717, 1.165) is 15.4 Å². The SMILES string of the molecule is COc1ccc(C)cc1[C@@H](C)NC(=O)c1cccc(S(=O)(=O)N(C)C)c1. The molecule has 0 bridgehead atoms. The summed E-state index contributed by atoms with van der Waals surface area (Å²) >= 11 is 0. The molecule has 6 nitrogen and oxygen atoms in total. The molecule has 2 aromatic carbocycles. The number of sulfonamides is 1. The first kappa shape index (κ1) is 19.9. The van der Waals surface area contributed by atoms with Crippen LogP contribution in [0.5, 0.6) is 5.75 Å². The number of carbonyl (C=O) groups excluding carboxylic acids is 1. The summed E-state index contributed by atoms with van der Waals surface area (Å²) in [6, 6.07) is 11.4. The number of carbonyl (C=O) groups is 1. The first-order chi connectivity index (χ1) is 12.2. The summed E-state index contributed by atoms with van der Waals surface area (Å²) in [4.78, 5) is 12.7. The first-order valence-electron chi connectivity index (χ1n) is 8.15. The van der Waals surface area contributed by atoms with Crippen LogP contribution in [0, 0.1) is 6.92 Å². The van der Waals surface area contributed by atoms with E-state index in [9.17, 15) is 13.2 Å². The average molecular weight is 376 g/mol. The molecule has 0 aliphatic rings. The highest BCUT2D eigenvalue weighted by Crippen LogP contribution is 2.26. The summed E-state index contributed by atoms with van der Waals surface area (Å²) in [5.74, 6) is 0.337. The lowest BCUT2D eigenvalue weighted by Gasteiger charge is -2.18. The second kappa shape index (κ2) is 7.88. The van der Waals surface area contributed by atoms with Crippen LogP contribution in [0.3, 0.4) is 0 Å². The van der Waals surface area contributed by atoms with Crippen LogP contribution in [0.2, 0.25) is 0 Å². The number of nitrogens with zero attached hydrogens (tertiary/aromatic N) is 1. The Hall–Kier alpha value is -2.38. The monoisotopic (exact) mass is 376 g/mol. The van der Waals surface area contributed by atoms with E-state index in [0.29, 0.717) is 5.75 Å². The van der Waals surface area contributed by atoms with Crippen molar-refractivity contribution in [2.75, 3.05) is 21.2 Å². The number of nitrogens with one attached hydrogen (secondary N) is 1. The summed E-state index contributed by atoms with van der Waals surface area (Å²) in [7, 11) is 0.890. The van der Waals surface area contributed by atoms with Crippen LogP contribution in [0.15, 0.2) is 47.4 Å². The summed E-state index contributed by atoms with van der Waals surface area (Å²) in [5, 5.41) is 2.89. The van der Waals surface area contributed by atoms with Gasteiger partial charge in [0.15, 0.2) is 0 Å². The van der Waals surface area contributed by atoms with Crippen molar-refractivity contribution in [1.29, 1.82) is 0 Å². The molecule has 2 aromatic rings. The Balaban J connectivity index is 2.27. The number of rotatable bonds is 6. The van der Waals surface area contributed by atoms with Gasteiger partial charge in [0.25, 0.3) is 5.91 Å². The van der Waals surface area contributed by atoms with Crippen LogP contribution >= 0.6 is 0 Å². The Morgan fingerprint density at radius 1 is 1.15 bits per heavy atom. The third kappa shape index (κ3) is 4.23. The highest BCUT2D eigenvalue weighted by atomic mass is 32.2. The largest absolute Gasteiger partial charge is 0.496 e. The van der Waals surface area contributed by atoms with Gasteiger partial charge in [-0.25, -0.2) is 12.7 Å². The van der Waals surface area contributed by atoms with Gasteiger partial charge in [-0.3, -0.25) is 4.79 Å². The molecule has 1 amide bonds. The zero-order chi connectivity index (χ0) is 19.5. The van der Waals surface area contributed by atoms with Crippen molar-refractivity contribution in [2.45, 2.75) is 24.8 Å². The number of hydrogen-bond acceptors (Lipinski definition) is 4. The Labute approximate surface area is 154 Å². The van der Waals surface area contributed by atoms with E-state index in [-0.39, 0.29) is 22.4 Å². The van der Waals surface area contributed by atoms with E-state index in [2.05, 4.69) is 5.32 Å². The van der Waals surface area contributed by atoms with Crippen LogP contribution in [-0.4, -0.2) is 39.8 Å². The molecule has 0 aromatic heterocycles. The minimum absolute atomic E-state index is 0.0796. The van der Waals surface area contributed by atoms with E-state index < -0.39 is 10.0 Å². The zero-order valence-electron chi connectivity index (χ0n) is 15.6. The Morgan fingerprint density at radius 2 is 1.85 bits per heavy atom. The van der Waals surface area contributed by atoms with Gasteiger partial charge in [0.2, 0.25) is 10.0 Å². The number of amides is 1. The number of hydrogen-bond donors (Lipinski definition) is 1. The molecule has 0 radical (unpaired) electrons. The van der Waals surface area contributed by atoms with Crippen molar-refractivity contribution in [3.05, 3.63) is 59.2 Å². The van der Waals surface area contributed by atoms with Crippen LogP contribution in [0.25, 0.3) is 0 Å². The summed E-state index contributed by atoms with van der Waals surface area (Å²) in [6.45, 7) is 3.82. The Bertz CT molecular complexity index is 908. The van der Waals surface area contributed by atoms with Gasteiger partial charge in [-0.05, 0) is 38.1 Å². The van der Waals surface area contributed by atoms with E-state index in [1.807, 2.05) is 32.0 Å². The molecule has 0 unspecified atom stereocenters. The molecule has 0 saturated heterocycles. The van der Waals surface area contributed by atoms with Gasteiger partial charge in [-0.2, -0.15) is 0 Å². The Morgan fingerprint density at radius 3 is 2.46 bits per heavy atom. The molecule has 2 rings (SSSR count). The minimum atomic E-state index is -3.60. The average Bonchev–Trinajstić information content (AvgIpc) is 2.61. The van der Waals surface area contributed by atoms with Gasteiger partial charge in [0.05, 0.1) is 18.0 Å². The van der Waals surface area contributed by atoms with Crippen molar-refractivity contribution in [3.63, 3.8) is 0 Å². The molecule has 1 atom stereocenters. The van der Waals surface area contributed by atoms with E-state index in [1.54, 1.807) is 19.2 Å². The van der Waals surface area contributed by atoms with Crippen LogP contribution in [0.4, 0.5) is 0 Å². The topological polar surface area (TPSA) is 75.7 Å². The lowest BCUT2D eigenvalue weighted by atomic mass is 10.0. The molecule has 0 aliphatic carbocycles. The first-order valence-corrected chi connectivity index (χ1v) is 9.59. The van der Waals surface area contributed by atoms with Gasteiger partial charge < -0.3 is 10.1 Å². The highest BCUT2D eigenvalue weighted by Gasteiger charge is 2.20. The van der Waals surface area contributed by atoms with Gasteiger partial charge >= 0.3 is 0 Å². The highest BCUT2D eigenvalue weighted by molar-refractivity contribution is 7.89. The molecule has 0 aliphatic heterocycles. The lowest BCUT2D eigenvalue weighted by molar-refractivity contribution is 0.0939. The maximum atomic E-state index is 12.6. The molecule has 0 spiro atoms. The number of methoxy groups -OCH3 is 1. The molecular formula is C19H24N2O4S. The fraction of sp³-hybridized carbons (Fsp3) is 0.316. The Kier molecular flexibility index (Phi) is 6.05. The van der Waals surface area contributed by atoms with Crippen molar-refractivity contribution in [1.82, 2.24) is 9.62 Å². The predicted octanol–water partition coefficient (Wildman–Crippen LogP) is 2.74. The molecule has 0 heterocycles. The van der Waals surface area contributed by atoms with Crippen molar-refractivity contribution in [2.24, 2.45) is 0 Å². The molecule has 0 fully saturated rings. The fourth-order valence-corrected chi connectivity index (χ4v) is 3.51. The fourth-order valence-electron chi connectivity index (χ4n) is 2.56. The van der Waals surface area contributed by atoms with Crippen molar-refractivity contribution in [3.8, 4) is 5.75 Å². The summed E-state index contributed by atoms with van der Waals surface area (Å²) < 4.78 is 31.0. The zero-order valence-corrected chi connectivity index (χ0v) is 16.4. The van der Waals surface area contributed by atoms with E-state index >= 15 is 0 Å².